The highest BCUT2D eigenvalue weighted by molar-refractivity contribution is 7.89. The molecule has 1 unspecified atom stereocenters. The van der Waals surface area contributed by atoms with E-state index in [1.807, 2.05) is 24.5 Å². The highest BCUT2D eigenvalue weighted by Crippen LogP contribution is 2.55. The molecule has 0 amide bonds. The zero-order valence-electron chi connectivity index (χ0n) is 16.8. The van der Waals surface area contributed by atoms with Crippen molar-refractivity contribution < 1.29 is 8.42 Å². The minimum absolute atomic E-state index is 0.0369. The number of aromatic nitrogens is 4. The van der Waals surface area contributed by atoms with Gasteiger partial charge in [-0.05, 0) is 43.2 Å². The number of pyridine rings is 1. The lowest BCUT2D eigenvalue weighted by Gasteiger charge is -2.29. The predicted octanol–water partition coefficient (Wildman–Crippen LogP) is 3.51. The largest absolute Gasteiger partial charge is 0.314 e. The van der Waals surface area contributed by atoms with Gasteiger partial charge >= 0.3 is 0 Å². The molecule has 0 N–H and O–H groups in total. The first-order chi connectivity index (χ1) is 14.6. The van der Waals surface area contributed by atoms with E-state index in [1.165, 1.54) is 0 Å². The number of sulfonamides is 1. The van der Waals surface area contributed by atoms with Crippen LogP contribution in [-0.2, 0) is 10.0 Å². The van der Waals surface area contributed by atoms with Crippen LogP contribution in [0.3, 0.4) is 0 Å². The molecule has 30 heavy (non-hydrogen) atoms. The van der Waals surface area contributed by atoms with Gasteiger partial charge in [0.2, 0.25) is 10.0 Å². The molecule has 3 heterocycles. The summed E-state index contributed by atoms with van der Waals surface area (Å²) in [5, 5.41) is 9.55. The van der Waals surface area contributed by atoms with Gasteiger partial charge in [-0.1, -0.05) is 31.0 Å². The van der Waals surface area contributed by atoms with E-state index >= 15 is 0 Å². The van der Waals surface area contributed by atoms with Gasteiger partial charge in [0.05, 0.1) is 5.52 Å². The summed E-state index contributed by atoms with van der Waals surface area (Å²) in [7, 11) is -3.66. The van der Waals surface area contributed by atoms with Crippen LogP contribution >= 0.6 is 0 Å². The molecule has 6 rings (SSSR count). The molecular formula is C22H25N5O2S. The summed E-state index contributed by atoms with van der Waals surface area (Å²) in [6.45, 7) is 1.03. The van der Waals surface area contributed by atoms with E-state index in [9.17, 15) is 8.42 Å². The van der Waals surface area contributed by atoms with Gasteiger partial charge < -0.3 is 4.57 Å². The third kappa shape index (κ3) is 2.73. The quantitative estimate of drug-likeness (QED) is 0.641. The second kappa shape index (κ2) is 6.59. The van der Waals surface area contributed by atoms with Gasteiger partial charge in [-0.15, -0.1) is 10.2 Å². The zero-order chi connectivity index (χ0) is 20.3. The SMILES string of the molecule is O=S(=O)(c1cccc2cccnc12)N1CC(c2nncn2C2CC2)C2(CCCC2)C1. The first kappa shape index (κ1) is 18.4. The van der Waals surface area contributed by atoms with Gasteiger partial charge in [-0.25, -0.2) is 8.42 Å². The summed E-state index contributed by atoms with van der Waals surface area (Å²) >= 11 is 0. The Balaban J connectivity index is 1.42. The maximum atomic E-state index is 13.8. The van der Waals surface area contributed by atoms with Gasteiger partial charge in [-0.2, -0.15) is 4.31 Å². The highest BCUT2D eigenvalue weighted by Gasteiger charge is 2.54. The van der Waals surface area contributed by atoms with Crippen LogP contribution in [0.2, 0.25) is 0 Å². The van der Waals surface area contributed by atoms with E-state index < -0.39 is 10.0 Å². The third-order valence-corrected chi connectivity index (χ3v) is 9.13. The highest BCUT2D eigenvalue weighted by atomic mass is 32.2. The number of para-hydroxylation sites is 1. The fourth-order valence-corrected chi connectivity index (χ4v) is 7.32. The van der Waals surface area contributed by atoms with Crippen molar-refractivity contribution in [2.75, 3.05) is 13.1 Å². The molecule has 2 aromatic heterocycles. The predicted molar refractivity (Wildman–Crippen MR) is 112 cm³/mol. The van der Waals surface area contributed by atoms with E-state index in [4.69, 9.17) is 0 Å². The summed E-state index contributed by atoms with van der Waals surface area (Å²) < 4.78 is 31.5. The lowest BCUT2D eigenvalue weighted by molar-refractivity contribution is 0.272. The maximum absolute atomic E-state index is 13.8. The monoisotopic (exact) mass is 423 g/mol. The summed E-state index contributed by atoms with van der Waals surface area (Å²) in [4.78, 5) is 4.69. The van der Waals surface area contributed by atoms with Crippen molar-refractivity contribution in [1.82, 2.24) is 24.1 Å². The standard InChI is InChI=1S/C22H25N5O2S/c28-30(29,19-7-3-5-16-6-4-12-23-20(16)19)26-13-18(22(14-26)10-1-2-11-22)21-25-24-15-27(21)17-8-9-17/h3-7,12,15,17-18H,1-2,8-11,13-14H2. The second-order valence-electron chi connectivity index (χ2n) is 9.08. The Bertz CT molecular complexity index is 1210. The average molecular weight is 424 g/mol. The molecule has 156 valence electrons. The molecule has 1 saturated heterocycles. The van der Waals surface area contributed by atoms with Crippen molar-refractivity contribution in [3.05, 3.63) is 48.7 Å². The maximum Gasteiger partial charge on any atom is 0.245 e. The van der Waals surface area contributed by atoms with Crippen molar-refractivity contribution in [1.29, 1.82) is 0 Å². The van der Waals surface area contributed by atoms with Crippen LogP contribution in [0, 0.1) is 5.41 Å². The summed E-state index contributed by atoms with van der Waals surface area (Å²) in [5.41, 5.74) is 0.509. The minimum Gasteiger partial charge on any atom is -0.314 e. The zero-order valence-corrected chi connectivity index (χ0v) is 17.6. The molecule has 3 fully saturated rings. The van der Waals surface area contributed by atoms with Gasteiger partial charge in [0.15, 0.2) is 0 Å². The molecule has 3 aliphatic rings. The minimum atomic E-state index is -3.66. The molecule has 3 aromatic rings. The van der Waals surface area contributed by atoms with Crippen LogP contribution in [0.5, 0.6) is 0 Å². The Labute approximate surface area is 176 Å². The third-order valence-electron chi connectivity index (χ3n) is 7.28. The molecule has 2 aliphatic carbocycles. The number of rotatable bonds is 4. The number of nitrogens with zero attached hydrogens (tertiary/aromatic N) is 5. The van der Waals surface area contributed by atoms with Gasteiger partial charge in [0, 0.05) is 36.6 Å². The van der Waals surface area contributed by atoms with Crippen LogP contribution < -0.4 is 0 Å². The topological polar surface area (TPSA) is 81.0 Å². The lowest BCUT2D eigenvalue weighted by atomic mass is 9.76. The summed E-state index contributed by atoms with van der Waals surface area (Å²) in [5.74, 6) is 1.08. The van der Waals surface area contributed by atoms with Crippen LogP contribution in [0.1, 0.15) is 56.3 Å². The first-order valence-corrected chi connectivity index (χ1v) is 12.3. The van der Waals surface area contributed by atoms with Gasteiger partial charge in [-0.3, -0.25) is 4.98 Å². The molecule has 2 saturated carbocycles. The van der Waals surface area contributed by atoms with Crippen LogP contribution in [0.25, 0.3) is 10.9 Å². The molecule has 0 radical (unpaired) electrons. The molecule has 1 atom stereocenters. The molecule has 0 bridgehead atoms. The average Bonchev–Trinajstić information content (AvgIpc) is 3.16. The fraction of sp³-hybridized carbons (Fsp3) is 0.500. The molecule has 7 nitrogen and oxygen atoms in total. The Morgan fingerprint density at radius 1 is 1.07 bits per heavy atom. The molecule has 1 aliphatic heterocycles. The number of fused-ring (bicyclic) bond motifs is 1. The first-order valence-electron chi connectivity index (χ1n) is 10.8. The van der Waals surface area contributed by atoms with E-state index in [-0.39, 0.29) is 11.3 Å². The lowest BCUT2D eigenvalue weighted by Crippen LogP contribution is -2.31. The number of hydrogen-bond acceptors (Lipinski definition) is 5. The van der Waals surface area contributed by atoms with Crippen molar-refractivity contribution in [2.45, 2.75) is 55.4 Å². The van der Waals surface area contributed by atoms with Gasteiger partial charge in [0.25, 0.3) is 0 Å². The second-order valence-corrected chi connectivity index (χ2v) is 11.0. The van der Waals surface area contributed by atoms with Crippen molar-refractivity contribution in [3.63, 3.8) is 0 Å². The molecule has 1 spiro atoms. The van der Waals surface area contributed by atoms with Crippen molar-refractivity contribution in [3.8, 4) is 0 Å². The number of hydrogen-bond donors (Lipinski definition) is 0. The Kier molecular flexibility index (Phi) is 4.05. The van der Waals surface area contributed by atoms with E-state index in [0.29, 0.717) is 29.5 Å². The molecular weight excluding hydrogens is 398 g/mol. The normalized spacial score (nSPS) is 24.2. The van der Waals surface area contributed by atoms with E-state index in [0.717, 1.165) is 49.7 Å². The van der Waals surface area contributed by atoms with Crippen LogP contribution in [-0.4, -0.2) is 45.6 Å². The number of benzene rings is 1. The van der Waals surface area contributed by atoms with Crippen molar-refractivity contribution >= 4 is 20.9 Å². The van der Waals surface area contributed by atoms with E-state index in [2.05, 4.69) is 19.7 Å². The van der Waals surface area contributed by atoms with Crippen molar-refractivity contribution in [2.24, 2.45) is 5.41 Å². The van der Waals surface area contributed by atoms with E-state index in [1.54, 1.807) is 22.6 Å². The Morgan fingerprint density at radius 3 is 2.67 bits per heavy atom. The molecule has 8 heteroatoms. The summed E-state index contributed by atoms with van der Waals surface area (Å²) in [6.07, 6.45) is 10.2. The van der Waals surface area contributed by atoms with Crippen LogP contribution in [0.15, 0.2) is 47.8 Å². The fourth-order valence-electron chi connectivity index (χ4n) is 5.61. The Hall–Kier alpha value is -2.32. The van der Waals surface area contributed by atoms with Gasteiger partial charge in [0.1, 0.15) is 17.0 Å². The van der Waals surface area contributed by atoms with Crippen LogP contribution in [0.4, 0.5) is 0 Å². The molecule has 1 aromatic carbocycles. The Morgan fingerprint density at radius 2 is 1.87 bits per heavy atom. The smallest absolute Gasteiger partial charge is 0.245 e. The summed E-state index contributed by atoms with van der Waals surface area (Å²) in [6, 6.07) is 9.63.